The van der Waals surface area contributed by atoms with Gasteiger partial charge in [0.05, 0.1) is 29.8 Å². The van der Waals surface area contributed by atoms with Crippen molar-refractivity contribution in [1.29, 1.82) is 0 Å². The SMILES string of the molecule is COc1ccc(-c2nnc(SCC(=O)Nc3cc(C(F)(F)F)ccc3-n3cncn3)n2N)cc1. The maximum Gasteiger partial charge on any atom is 0.416 e. The molecule has 0 aliphatic rings. The predicted molar refractivity (Wildman–Crippen MR) is 118 cm³/mol. The summed E-state index contributed by atoms with van der Waals surface area (Å²) < 4.78 is 47.2. The molecule has 0 radical (unpaired) electrons. The number of nitrogens with two attached hydrogens (primary N) is 1. The number of alkyl halides is 3. The molecule has 0 unspecified atom stereocenters. The van der Waals surface area contributed by atoms with E-state index >= 15 is 0 Å². The van der Waals surface area contributed by atoms with Crippen LogP contribution in [0.15, 0.2) is 60.3 Å². The van der Waals surface area contributed by atoms with E-state index in [-0.39, 0.29) is 22.3 Å². The van der Waals surface area contributed by atoms with Crippen molar-refractivity contribution in [3.05, 3.63) is 60.7 Å². The molecule has 2 aromatic heterocycles. The minimum atomic E-state index is -4.58. The highest BCUT2D eigenvalue weighted by atomic mass is 32.2. The number of anilines is 1. The molecule has 2 aromatic carbocycles. The van der Waals surface area contributed by atoms with Crippen LogP contribution < -0.4 is 15.9 Å². The van der Waals surface area contributed by atoms with E-state index < -0.39 is 17.6 Å². The first kappa shape index (κ1) is 23.1. The topological polar surface area (TPSA) is 126 Å². The Morgan fingerprint density at radius 3 is 2.59 bits per heavy atom. The van der Waals surface area contributed by atoms with Crippen LogP contribution in [0.4, 0.5) is 18.9 Å². The summed E-state index contributed by atoms with van der Waals surface area (Å²) in [7, 11) is 1.55. The fraction of sp³-hybridized carbons (Fsp3) is 0.150. The second kappa shape index (κ2) is 9.43. The van der Waals surface area contributed by atoms with E-state index in [1.165, 1.54) is 28.1 Å². The third kappa shape index (κ3) is 4.96. The lowest BCUT2D eigenvalue weighted by Gasteiger charge is -2.14. The Hall–Kier alpha value is -4.07. The Kier molecular flexibility index (Phi) is 6.40. The molecule has 0 aliphatic carbocycles. The summed E-state index contributed by atoms with van der Waals surface area (Å²) in [6, 6.07) is 9.95. The van der Waals surface area contributed by atoms with E-state index in [1.54, 1.807) is 31.4 Å². The van der Waals surface area contributed by atoms with Crippen LogP contribution in [-0.2, 0) is 11.0 Å². The van der Waals surface area contributed by atoms with Gasteiger partial charge in [0.15, 0.2) is 5.82 Å². The number of hydrogen-bond acceptors (Lipinski definition) is 8. The van der Waals surface area contributed by atoms with Gasteiger partial charge in [0.25, 0.3) is 0 Å². The number of aromatic nitrogens is 6. The summed E-state index contributed by atoms with van der Waals surface area (Å²) in [5.41, 5.74) is -0.0645. The van der Waals surface area contributed by atoms with E-state index in [0.717, 1.165) is 23.9 Å². The third-order valence-corrected chi connectivity index (χ3v) is 5.55. The van der Waals surface area contributed by atoms with E-state index in [4.69, 9.17) is 10.6 Å². The smallest absolute Gasteiger partial charge is 0.416 e. The number of hydrogen-bond donors (Lipinski definition) is 2. The van der Waals surface area contributed by atoms with Crippen molar-refractivity contribution in [2.24, 2.45) is 0 Å². The zero-order valence-electron chi connectivity index (χ0n) is 17.5. The fourth-order valence-electron chi connectivity index (χ4n) is 2.97. The minimum Gasteiger partial charge on any atom is -0.497 e. The first-order chi connectivity index (χ1) is 16.3. The molecule has 3 N–H and O–H groups in total. The highest BCUT2D eigenvalue weighted by Crippen LogP contribution is 2.33. The van der Waals surface area contributed by atoms with Gasteiger partial charge in [-0.15, -0.1) is 10.2 Å². The number of nitrogen functional groups attached to an aromatic ring is 1. The number of nitrogens with zero attached hydrogens (tertiary/aromatic N) is 6. The van der Waals surface area contributed by atoms with Crippen molar-refractivity contribution in [1.82, 2.24) is 29.6 Å². The van der Waals surface area contributed by atoms with E-state index in [9.17, 15) is 18.0 Å². The molecular formula is C20H17F3N8O2S. The van der Waals surface area contributed by atoms with Gasteiger partial charge in [0.2, 0.25) is 11.1 Å². The Bertz CT molecular complexity index is 1290. The highest BCUT2D eigenvalue weighted by Gasteiger charge is 2.31. The first-order valence-electron chi connectivity index (χ1n) is 9.60. The molecule has 14 heteroatoms. The highest BCUT2D eigenvalue weighted by molar-refractivity contribution is 7.99. The van der Waals surface area contributed by atoms with Crippen LogP contribution in [-0.4, -0.2) is 48.4 Å². The molecule has 0 atom stereocenters. The second-order valence-electron chi connectivity index (χ2n) is 6.81. The van der Waals surface area contributed by atoms with E-state index in [0.29, 0.717) is 17.1 Å². The van der Waals surface area contributed by atoms with Gasteiger partial charge in [-0.3, -0.25) is 4.79 Å². The molecule has 1 amide bonds. The van der Waals surface area contributed by atoms with Crippen molar-refractivity contribution < 1.29 is 22.7 Å². The summed E-state index contributed by atoms with van der Waals surface area (Å²) >= 11 is 0.981. The number of nitrogens with one attached hydrogen (secondary N) is 1. The molecule has 4 aromatic rings. The minimum absolute atomic E-state index is 0.0703. The maximum atomic E-state index is 13.2. The van der Waals surface area contributed by atoms with Gasteiger partial charge in [-0.2, -0.15) is 18.3 Å². The third-order valence-electron chi connectivity index (χ3n) is 4.61. The van der Waals surface area contributed by atoms with Crippen LogP contribution in [0.2, 0.25) is 0 Å². The lowest BCUT2D eigenvalue weighted by atomic mass is 10.1. The Morgan fingerprint density at radius 2 is 1.94 bits per heavy atom. The molecule has 0 fully saturated rings. The monoisotopic (exact) mass is 490 g/mol. The van der Waals surface area contributed by atoms with Crippen molar-refractivity contribution in [3.8, 4) is 22.8 Å². The number of amides is 1. The lowest BCUT2D eigenvalue weighted by molar-refractivity contribution is -0.137. The Labute approximate surface area is 194 Å². The van der Waals surface area contributed by atoms with Gasteiger partial charge in [0, 0.05) is 5.56 Å². The molecule has 0 saturated carbocycles. The molecule has 0 saturated heterocycles. The number of carbonyl (C=O) groups is 1. The predicted octanol–water partition coefficient (Wildman–Crippen LogP) is 3.00. The number of ether oxygens (including phenoxy) is 1. The van der Waals surface area contributed by atoms with Crippen molar-refractivity contribution in [2.75, 3.05) is 24.0 Å². The molecule has 0 spiro atoms. The summed E-state index contributed by atoms with van der Waals surface area (Å²) in [6.07, 6.45) is -2.04. The number of carbonyl (C=O) groups excluding carboxylic acids is 1. The van der Waals surface area contributed by atoms with Crippen LogP contribution in [0.25, 0.3) is 17.1 Å². The van der Waals surface area contributed by atoms with Crippen LogP contribution in [0, 0.1) is 0 Å². The van der Waals surface area contributed by atoms with Crippen LogP contribution in [0.5, 0.6) is 5.75 Å². The molecule has 4 rings (SSSR count). The quantitative estimate of drug-likeness (QED) is 0.299. The van der Waals surface area contributed by atoms with Gasteiger partial charge < -0.3 is 15.9 Å². The molecule has 0 bridgehead atoms. The molecule has 0 aliphatic heterocycles. The Morgan fingerprint density at radius 1 is 1.18 bits per heavy atom. The first-order valence-corrected chi connectivity index (χ1v) is 10.6. The van der Waals surface area contributed by atoms with Gasteiger partial charge in [-0.1, -0.05) is 11.8 Å². The summed E-state index contributed by atoms with van der Waals surface area (Å²) in [4.78, 5) is 16.3. The Balaban J connectivity index is 1.49. The van der Waals surface area contributed by atoms with Gasteiger partial charge in [0.1, 0.15) is 18.4 Å². The zero-order chi connectivity index (χ0) is 24.3. The van der Waals surface area contributed by atoms with E-state index in [1.807, 2.05) is 0 Å². The number of benzene rings is 2. The van der Waals surface area contributed by atoms with Gasteiger partial charge in [-0.05, 0) is 42.5 Å². The average Bonchev–Trinajstić information content (AvgIpc) is 3.47. The maximum absolute atomic E-state index is 13.2. The molecular weight excluding hydrogens is 473 g/mol. The summed E-state index contributed by atoms with van der Waals surface area (Å²) in [5.74, 6) is 6.36. The fourth-order valence-corrected chi connectivity index (χ4v) is 3.63. The van der Waals surface area contributed by atoms with Gasteiger partial charge in [-0.25, -0.2) is 14.3 Å². The van der Waals surface area contributed by atoms with Crippen molar-refractivity contribution in [2.45, 2.75) is 11.3 Å². The number of methoxy groups -OCH3 is 1. The number of rotatable bonds is 7. The summed E-state index contributed by atoms with van der Waals surface area (Å²) in [5, 5.41) is 14.7. The van der Waals surface area contributed by atoms with Crippen molar-refractivity contribution in [3.63, 3.8) is 0 Å². The number of halogens is 3. The molecule has 176 valence electrons. The molecule has 34 heavy (non-hydrogen) atoms. The zero-order valence-corrected chi connectivity index (χ0v) is 18.3. The average molecular weight is 490 g/mol. The van der Waals surface area contributed by atoms with E-state index in [2.05, 4.69) is 25.6 Å². The molecule has 10 nitrogen and oxygen atoms in total. The normalized spacial score (nSPS) is 11.4. The standard InChI is InChI=1S/C20H17F3N8O2S/c1-33-14-5-2-12(3-6-14)18-28-29-19(31(18)24)34-9-17(32)27-15-8-13(20(21,22)23)4-7-16(15)30-11-25-10-26-30/h2-8,10-11H,9,24H2,1H3,(H,27,32). The van der Waals surface area contributed by atoms with Gasteiger partial charge >= 0.3 is 6.18 Å². The lowest BCUT2D eigenvalue weighted by Crippen LogP contribution is -2.18. The second-order valence-corrected chi connectivity index (χ2v) is 7.75. The largest absolute Gasteiger partial charge is 0.497 e. The van der Waals surface area contributed by atoms with Crippen LogP contribution in [0.1, 0.15) is 5.56 Å². The summed E-state index contributed by atoms with van der Waals surface area (Å²) in [6.45, 7) is 0. The van der Waals surface area contributed by atoms with Crippen LogP contribution >= 0.6 is 11.8 Å². The van der Waals surface area contributed by atoms with Crippen molar-refractivity contribution >= 4 is 23.4 Å². The number of thioether (sulfide) groups is 1. The molecule has 2 heterocycles. The van der Waals surface area contributed by atoms with Crippen LogP contribution in [0.3, 0.4) is 0 Å².